The number of hydrogen-bond donors (Lipinski definition) is 1. The van der Waals surface area contributed by atoms with Crippen molar-refractivity contribution in [1.82, 2.24) is 20.0 Å². The summed E-state index contributed by atoms with van der Waals surface area (Å²) in [6, 6.07) is 8.07. The molecule has 0 radical (unpaired) electrons. The fourth-order valence-corrected chi connectivity index (χ4v) is 3.18. The number of nitrogens with one attached hydrogen (secondary N) is 1. The van der Waals surface area contributed by atoms with Crippen LogP contribution < -0.4 is 10.2 Å². The molecule has 8 nitrogen and oxygen atoms in total. The lowest BCUT2D eigenvalue weighted by Gasteiger charge is -2.35. The molecule has 2 amide bonds. The fourth-order valence-electron chi connectivity index (χ4n) is 3.18. The minimum atomic E-state index is -0.323. The number of rotatable bonds is 3. The second-order valence-corrected chi connectivity index (χ2v) is 6.87. The molecule has 0 aliphatic carbocycles. The zero-order valence-corrected chi connectivity index (χ0v) is 16.2. The van der Waals surface area contributed by atoms with Gasteiger partial charge in [0.25, 0.3) is 0 Å². The molecule has 150 valence electrons. The summed E-state index contributed by atoms with van der Waals surface area (Å²) in [5.41, 5.74) is 2.54. The molecule has 1 saturated heterocycles. The van der Waals surface area contributed by atoms with Crippen LogP contribution in [0, 0.1) is 19.7 Å². The zero-order chi connectivity index (χ0) is 20.4. The number of piperazine rings is 1. The van der Waals surface area contributed by atoms with Gasteiger partial charge in [0.2, 0.25) is 5.88 Å². The highest BCUT2D eigenvalue weighted by Gasteiger charge is 2.24. The predicted molar refractivity (Wildman–Crippen MR) is 106 cm³/mol. The lowest BCUT2D eigenvalue weighted by Crippen LogP contribution is -2.50. The van der Waals surface area contributed by atoms with Gasteiger partial charge in [0.1, 0.15) is 18.0 Å². The number of benzene rings is 1. The lowest BCUT2D eigenvalue weighted by atomic mass is 10.1. The summed E-state index contributed by atoms with van der Waals surface area (Å²) in [6.45, 7) is 5.94. The number of amides is 2. The van der Waals surface area contributed by atoms with Crippen molar-refractivity contribution in [3.8, 4) is 11.3 Å². The minimum Gasteiger partial charge on any atom is -0.353 e. The molecule has 1 aromatic carbocycles. The van der Waals surface area contributed by atoms with Crippen LogP contribution in [0.5, 0.6) is 0 Å². The first-order valence-electron chi connectivity index (χ1n) is 9.33. The molecule has 9 heteroatoms. The second-order valence-electron chi connectivity index (χ2n) is 6.87. The van der Waals surface area contributed by atoms with Gasteiger partial charge in [-0.25, -0.2) is 19.2 Å². The third-order valence-corrected chi connectivity index (χ3v) is 5.07. The van der Waals surface area contributed by atoms with E-state index in [-0.39, 0.29) is 11.8 Å². The molecule has 0 bridgehead atoms. The van der Waals surface area contributed by atoms with Crippen LogP contribution in [-0.2, 0) is 0 Å². The van der Waals surface area contributed by atoms with Gasteiger partial charge in [-0.3, -0.25) is 5.32 Å². The average Bonchev–Trinajstić information content (AvgIpc) is 3.06. The maximum atomic E-state index is 14.1. The molecule has 4 rings (SSSR count). The summed E-state index contributed by atoms with van der Waals surface area (Å²) in [5.74, 6) is 0.761. The lowest BCUT2D eigenvalue weighted by molar-refractivity contribution is 0.207. The Balaban J connectivity index is 1.41. The topological polar surface area (TPSA) is 87.4 Å². The van der Waals surface area contributed by atoms with Crippen molar-refractivity contribution >= 4 is 17.7 Å². The van der Waals surface area contributed by atoms with Crippen molar-refractivity contribution in [2.75, 3.05) is 36.4 Å². The Bertz CT molecular complexity index is 1030. The highest BCUT2D eigenvalue weighted by molar-refractivity contribution is 5.88. The number of carbonyl (C=O) groups is 1. The van der Waals surface area contributed by atoms with Crippen LogP contribution >= 0.6 is 0 Å². The van der Waals surface area contributed by atoms with E-state index in [0.717, 1.165) is 11.3 Å². The predicted octanol–water partition coefficient (Wildman–Crippen LogP) is 3.24. The van der Waals surface area contributed by atoms with E-state index in [1.54, 1.807) is 29.2 Å². The molecular weight excluding hydrogens is 375 g/mol. The highest BCUT2D eigenvalue weighted by Crippen LogP contribution is 2.24. The van der Waals surface area contributed by atoms with Gasteiger partial charge in [-0.05, 0) is 26.0 Å². The van der Waals surface area contributed by atoms with E-state index in [2.05, 4.69) is 25.3 Å². The first-order chi connectivity index (χ1) is 14.0. The molecule has 0 spiro atoms. The van der Waals surface area contributed by atoms with Gasteiger partial charge in [-0.15, -0.1) is 0 Å². The fraction of sp³-hybridized carbons (Fsp3) is 0.300. The SMILES string of the molecule is Cc1noc(NC(=O)N2CCN(c3cc(-c4ccccc4F)ncn3)CC2)c1C. The Morgan fingerprint density at radius 1 is 1.14 bits per heavy atom. The Labute approximate surface area is 167 Å². The van der Waals surface area contributed by atoms with Crippen LogP contribution in [0.1, 0.15) is 11.3 Å². The van der Waals surface area contributed by atoms with Crippen molar-refractivity contribution in [3.63, 3.8) is 0 Å². The monoisotopic (exact) mass is 396 g/mol. The molecule has 3 heterocycles. The molecule has 2 aromatic heterocycles. The molecule has 3 aromatic rings. The normalized spacial score (nSPS) is 14.2. The summed E-state index contributed by atoms with van der Waals surface area (Å²) >= 11 is 0. The molecular formula is C20H21FN6O2. The van der Waals surface area contributed by atoms with Crippen molar-refractivity contribution in [2.24, 2.45) is 0 Å². The van der Waals surface area contributed by atoms with Crippen molar-refractivity contribution < 1.29 is 13.7 Å². The Hall–Kier alpha value is -3.49. The third-order valence-electron chi connectivity index (χ3n) is 5.07. The van der Waals surface area contributed by atoms with E-state index in [0.29, 0.717) is 49.1 Å². The highest BCUT2D eigenvalue weighted by atomic mass is 19.1. The Morgan fingerprint density at radius 3 is 2.59 bits per heavy atom. The van der Waals surface area contributed by atoms with E-state index in [1.165, 1.54) is 12.4 Å². The van der Waals surface area contributed by atoms with Crippen LogP contribution in [0.3, 0.4) is 0 Å². The molecule has 29 heavy (non-hydrogen) atoms. The summed E-state index contributed by atoms with van der Waals surface area (Å²) in [4.78, 5) is 24.8. The maximum Gasteiger partial charge on any atom is 0.324 e. The number of aryl methyl sites for hydroxylation is 1. The van der Waals surface area contributed by atoms with E-state index >= 15 is 0 Å². The van der Waals surface area contributed by atoms with E-state index in [9.17, 15) is 9.18 Å². The first kappa shape index (κ1) is 18.9. The van der Waals surface area contributed by atoms with Crippen LogP contribution in [0.15, 0.2) is 41.2 Å². The van der Waals surface area contributed by atoms with Crippen LogP contribution in [-0.4, -0.2) is 52.2 Å². The standard InChI is InChI=1S/C20H21FN6O2/c1-13-14(2)25-29-19(13)24-20(28)27-9-7-26(8-10-27)18-11-17(22-12-23-18)15-5-3-4-6-16(15)21/h3-6,11-12H,7-10H2,1-2H3,(H,24,28). The third kappa shape index (κ3) is 3.89. The summed E-state index contributed by atoms with van der Waals surface area (Å²) < 4.78 is 19.2. The summed E-state index contributed by atoms with van der Waals surface area (Å²) in [7, 11) is 0. The maximum absolute atomic E-state index is 14.1. The second kappa shape index (κ2) is 7.86. The molecule has 1 aliphatic rings. The van der Waals surface area contributed by atoms with Gasteiger partial charge in [-0.2, -0.15) is 0 Å². The van der Waals surface area contributed by atoms with Crippen molar-refractivity contribution in [1.29, 1.82) is 0 Å². The number of anilines is 2. The molecule has 1 N–H and O–H groups in total. The van der Waals surface area contributed by atoms with Gasteiger partial charge in [-0.1, -0.05) is 17.3 Å². The van der Waals surface area contributed by atoms with Crippen molar-refractivity contribution in [3.05, 3.63) is 53.7 Å². The van der Waals surface area contributed by atoms with Gasteiger partial charge >= 0.3 is 6.03 Å². The van der Waals surface area contributed by atoms with Gasteiger partial charge in [0.05, 0.1) is 11.4 Å². The number of halogens is 1. The van der Waals surface area contributed by atoms with E-state index in [4.69, 9.17) is 4.52 Å². The summed E-state index contributed by atoms with van der Waals surface area (Å²) in [6.07, 6.45) is 1.44. The zero-order valence-electron chi connectivity index (χ0n) is 16.2. The Kier molecular flexibility index (Phi) is 5.11. The van der Waals surface area contributed by atoms with Gasteiger partial charge in [0.15, 0.2) is 0 Å². The van der Waals surface area contributed by atoms with Crippen LogP contribution in [0.4, 0.5) is 20.9 Å². The van der Waals surface area contributed by atoms with E-state index < -0.39 is 0 Å². The molecule has 1 aliphatic heterocycles. The van der Waals surface area contributed by atoms with Gasteiger partial charge < -0.3 is 14.3 Å². The summed E-state index contributed by atoms with van der Waals surface area (Å²) in [5, 5.41) is 6.61. The number of nitrogens with zero attached hydrogens (tertiary/aromatic N) is 5. The smallest absolute Gasteiger partial charge is 0.324 e. The number of hydrogen-bond acceptors (Lipinski definition) is 6. The molecule has 0 saturated carbocycles. The van der Waals surface area contributed by atoms with Gasteiger partial charge in [0, 0.05) is 43.4 Å². The molecule has 0 atom stereocenters. The number of urea groups is 1. The molecule has 1 fully saturated rings. The van der Waals surface area contributed by atoms with E-state index in [1.807, 2.05) is 13.8 Å². The van der Waals surface area contributed by atoms with Crippen molar-refractivity contribution in [2.45, 2.75) is 13.8 Å². The minimum absolute atomic E-state index is 0.223. The Morgan fingerprint density at radius 2 is 1.90 bits per heavy atom. The van der Waals surface area contributed by atoms with Crippen LogP contribution in [0.25, 0.3) is 11.3 Å². The number of carbonyl (C=O) groups excluding carboxylic acids is 1. The average molecular weight is 396 g/mol. The quantitative estimate of drug-likeness (QED) is 0.731. The van der Waals surface area contributed by atoms with Crippen LogP contribution in [0.2, 0.25) is 0 Å². The molecule has 0 unspecified atom stereocenters. The number of aromatic nitrogens is 3. The largest absolute Gasteiger partial charge is 0.353 e. The first-order valence-corrected chi connectivity index (χ1v) is 9.33.